The monoisotopic (exact) mass is 205 g/mol. The second-order valence-electron chi connectivity index (χ2n) is 1.38. The molecule has 7 radical (unpaired) electrons. The van der Waals surface area contributed by atoms with Crippen LogP contribution in [-0.2, 0) is 16.5 Å². The van der Waals surface area contributed by atoms with E-state index in [0.717, 1.165) is 6.04 Å². The van der Waals surface area contributed by atoms with Crippen LogP contribution in [-0.4, -0.2) is 39.3 Å². The standard InChI is InChI=1S/C2H5O4Si4/c1-2-10-5-8-3-7-4-9-6-10/h2H2,1H3. The maximum Gasteiger partial charge on any atom is 0.412 e. The molecule has 1 saturated heterocycles. The highest BCUT2D eigenvalue weighted by molar-refractivity contribution is 6.59. The van der Waals surface area contributed by atoms with Crippen LogP contribution in [0.25, 0.3) is 0 Å². The molecule has 0 aromatic heterocycles. The van der Waals surface area contributed by atoms with Crippen molar-refractivity contribution >= 4 is 39.3 Å². The third kappa shape index (κ3) is 3.20. The van der Waals surface area contributed by atoms with E-state index in [9.17, 15) is 0 Å². The van der Waals surface area contributed by atoms with E-state index < -0.39 is 9.28 Å². The zero-order valence-corrected chi connectivity index (χ0v) is 9.34. The van der Waals surface area contributed by atoms with Crippen LogP contribution in [0.2, 0.25) is 6.04 Å². The topological polar surface area (TPSA) is 36.9 Å². The summed E-state index contributed by atoms with van der Waals surface area (Å²) in [6, 6.07) is 0.931. The van der Waals surface area contributed by atoms with E-state index in [1.54, 1.807) is 0 Å². The van der Waals surface area contributed by atoms with Gasteiger partial charge in [0.15, 0.2) is 0 Å². The van der Waals surface area contributed by atoms with E-state index in [1.165, 1.54) is 0 Å². The second-order valence-corrected chi connectivity index (χ2v) is 6.60. The van der Waals surface area contributed by atoms with Gasteiger partial charge in [-0.15, -0.1) is 0 Å². The van der Waals surface area contributed by atoms with Gasteiger partial charge in [0.25, 0.3) is 0 Å². The third-order valence-electron chi connectivity index (χ3n) is 0.766. The van der Waals surface area contributed by atoms with Crippen molar-refractivity contribution in [1.29, 1.82) is 0 Å². The van der Waals surface area contributed by atoms with Crippen LogP contribution in [0.4, 0.5) is 0 Å². The summed E-state index contributed by atoms with van der Waals surface area (Å²) in [5, 5.41) is 0. The van der Waals surface area contributed by atoms with Crippen molar-refractivity contribution in [1.82, 2.24) is 0 Å². The van der Waals surface area contributed by atoms with Crippen molar-refractivity contribution < 1.29 is 16.5 Å². The molecule has 53 valence electrons. The van der Waals surface area contributed by atoms with Crippen molar-refractivity contribution in [2.45, 2.75) is 13.0 Å². The maximum atomic E-state index is 5.25. The number of rotatable bonds is 1. The van der Waals surface area contributed by atoms with Gasteiger partial charge in [-0.05, 0) is 6.04 Å². The van der Waals surface area contributed by atoms with Gasteiger partial charge in [0.05, 0.1) is 0 Å². The fraction of sp³-hybridized carbons (Fsp3) is 1.00. The molecule has 0 atom stereocenters. The molecule has 0 N–H and O–H groups in total. The number of hydrogen-bond donors (Lipinski definition) is 0. The van der Waals surface area contributed by atoms with E-state index in [1.807, 2.05) is 6.92 Å². The van der Waals surface area contributed by atoms with Crippen molar-refractivity contribution in [3.05, 3.63) is 0 Å². The van der Waals surface area contributed by atoms with Gasteiger partial charge in [0, 0.05) is 0 Å². The lowest BCUT2D eigenvalue weighted by molar-refractivity contribution is 0.329. The zero-order valence-electron chi connectivity index (χ0n) is 5.34. The van der Waals surface area contributed by atoms with Gasteiger partial charge >= 0.3 is 39.3 Å². The molecule has 1 aliphatic rings. The average Bonchev–Trinajstić information content (AvgIpc) is 1.87. The first kappa shape index (κ1) is 8.80. The van der Waals surface area contributed by atoms with Gasteiger partial charge in [0.2, 0.25) is 0 Å². The first-order valence-corrected chi connectivity index (χ1v) is 6.67. The lowest BCUT2D eigenvalue weighted by atomic mass is 11.0. The third-order valence-corrected chi connectivity index (χ3v) is 5.17. The summed E-state index contributed by atoms with van der Waals surface area (Å²) in [7, 11) is -0.816. The summed E-state index contributed by atoms with van der Waals surface area (Å²) in [6.07, 6.45) is 0. The van der Waals surface area contributed by atoms with Crippen LogP contribution >= 0.6 is 0 Å². The van der Waals surface area contributed by atoms with Gasteiger partial charge in [-0.3, -0.25) is 0 Å². The van der Waals surface area contributed by atoms with E-state index in [-0.39, 0.29) is 30.0 Å². The van der Waals surface area contributed by atoms with Gasteiger partial charge in [-0.1, -0.05) is 6.92 Å². The first-order valence-electron chi connectivity index (χ1n) is 2.69. The Morgan fingerprint density at radius 1 is 1.10 bits per heavy atom. The van der Waals surface area contributed by atoms with E-state index >= 15 is 0 Å². The van der Waals surface area contributed by atoms with Crippen LogP contribution in [0.1, 0.15) is 6.92 Å². The quantitative estimate of drug-likeness (QED) is 0.524. The summed E-state index contributed by atoms with van der Waals surface area (Å²) in [6.45, 7) is 2.03. The van der Waals surface area contributed by atoms with Gasteiger partial charge in [-0.25, -0.2) is 0 Å². The van der Waals surface area contributed by atoms with Crippen molar-refractivity contribution in [3.8, 4) is 0 Å². The van der Waals surface area contributed by atoms with E-state index in [4.69, 9.17) is 16.5 Å². The molecule has 8 heteroatoms. The highest BCUT2D eigenvalue weighted by Crippen LogP contribution is 1.96. The summed E-state index contributed by atoms with van der Waals surface area (Å²) in [4.78, 5) is 0. The second kappa shape index (κ2) is 5.37. The number of hydrogen-bond acceptors (Lipinski definition) is 4. The summed E-state index contributed by atoms with van der Waals surface area (Å²) >= 11 is 0. The Morgan fingerprint density at radius 2 is 1.70 bits per heavy atom. The fourth-order valence-electron chi connectivity index (χ4n) is 0.355. The van der Waals surface area contributed by atoms with Crippen LogP contribution in [0.5, 0.6) is 0 Å². The molecule has 1 fully saturated rings. The molecule has 1 rings (SSSR count). The Morgan fingerprint density at radius 3 is 2.20 bits per heavy atom. The smallest absolute Gasteiger partial charge is 0.412 e. The molecule has 1 heterocycles. The maximum absolute atomic E-state index is 5.25. The van der Waals surface area contributed by atoms with E-state index in [0.29, 0.717) is 0 Å². The Bertz CT molecular complexity index is 83.3. The highest BCUT2D eigenvalue weighted by Gasteiger charge is 2.17. The van der Waals surface area contributed by atoms with Crippen molar-refractivity contribution in [2.75, 3.05) is 0 Å². The lowest BCUT2D eigenvalue weighted by Gasteiger charge is -2.14. The SMILES string of the molecule is CC[Si]1O[Si]O[Si]O[Si]O1. The predicted molar refractivity (Wildman–Crippen MR) is 37.8 cm³/mol. The minimum atomic E-state index is -1.07. The summed E-state index contributed by atoms with van der Waals surface area (Å²) < 4.78 is 20.4. The molecule has 0 unspecified atom stereocenters. The summed E-state index contributed by atoms with van der Waals surface area (Å²) in [5.74, 6) is 0. The molecular formula is C2H5O4Si4. The van der Waals surface area contributed by atoms with Gasteiger partial charge in [0.1, 0.15) is 0 Å². The molecule has 0 aromatic rings. The largest absolute Gasteiger partial charge is 0.413 e. The Kier molecular flexibility index (Phi) is 4.73. The van der Waals surface area contributed by atoms with Gasteiger partial charge < -0.3 is 16.5 Å². The van der Waals surface area contributed by atoms with Crippen LogP contribution in [0.3, 0.4) is 0 Å². The molecule has 0 bridgehead atoms. The molecule has 10 heavy (non-hydrogen) atoms. The molecule has 0 aliphatic carbocycles. The normalized spacial score (nSPS) is 23.7. The molecule has 0 amide bonds. The van der Waals surface area contributed by atoms with Gasteiger partial charge in [-0.2, -0.15) is 0 Å². The fourth-order valence-corrected chi connectivity index (χ4v) is 4.69. The predicted octanol–water partition coefficient (Wildman–Crippen LogP) is -0.823. The molecule has 4 nitrogen and oxygen atoms in total. The molecular weight excluding hydrogens is 200 g/mol. The van der Waals surface area contributed by atoms with Crippen molar-refractivity contribution in [2.24, 2.45) is 0 Å². The van der Waals surface area contributed by atoms with Crippen molar-refractivity contribution in [3.63, 3.8) is 0 Å². The minimum absolute atomic E-state index is 0.0724. The molecule has 1 aliphatic heterocycles. The molecule has 0 aromatic carbocycles. The molecule has 0 saturated carbocycles. The highest BCUT2D eigenvalue weighted by atomic mass is 28.4. The van der Waals surface area contributed by atoms with Crippen LogP contribution in [0.15, 0.2) is 0 Å². The Hall–Kier alpha value is 0.708. The lowest BCUT2D eigenvalue weighted by Crippen LogP contribution is -2.32. The summed E-state index contributed by atoms with van der Waals surface area (Å²) in [5.41, 5.74) is 0. The minimum Gasteiger partial charge on any atom is -0.413 e. The first-order chi connectivity index (χ1) is 4.93. The average molecular weight is 205 g/mol. The Labute approximate surface area is 69.2 Å². The zero-order chi connectivity index (χ0) is 7.23. The van der Waals surface area contributed by atoms with Crippen LogP contribution < -0.4 is 0 Å². The Balaban J connectivity index is 2.16. The van der Waals surface area contributed by atoms with E-state index in [2.05, 4.69) is 0 Å². The van der Waals surface area contributed by atoms with Crippen LogP contribution in [0, 0.1) is 0 Å². The molecule has 0 spiro atoms.